The van der Waals surface area contributed by atoms with Gasteiger partial charge in [0.15, 0.2) is 0 Å². The molecule has 2 amide bonds. The number of anilines is 1. The van der Waals surface area contributed by atoms with Crippen molar-refractivity contribution in [2.45, 2.75) is 57.5 Å². The van der Waals surface area contributed by atoms with Crippen molar-refractivity contribution in [2.24, 2.45) is 0 Å². The molecule has 9 heteroatoms. The van der Waals surface area contributed by atoms with Crippen LogP contribution in [0, 0.1) is 19.7 Å². The molecule has 4 rings (SSSR count). The number of hydrogen-bond acceptors (Lipinski definition) is 4. The first-order valence-corrected chi connectivity index (χ1v) is 16.5. The Morgan fingerprint density at radius 3 is 2.13 bits per heavy atom. The highest BCUT2D eigenvalue weighted by atomic mass is 32.2. The highest BCUT2D eigenvalue weighted by Crippen LogP contribution is 2.26. The first kappa shape index (κ1) is 33.4. The topological polar surface area (TPSA) is 86.8 Å². The molecule has 4 aromatic rings. The molecule has 0 bridgehead atoms. The third-order valence-electron chi connectivity index (χ3n) is 7.54. The summed E-state index contributed by atoms with van der Waals surface area (Å²) in [4.78, 5) is 29.6. The van der Waals surface area contributed by atoms with E-state index in [2.05, 4.69) is 5.32 Å². The molecule has 0 fully saturated rings. The number of unbranched alkanes of at least 4 members (excludes halogenated alkanes) is 1. The molecule has 0 saturated heterocycles. The van der Waals surface area contributed by atoms with Crippen LogP contribution in [0.15, 0.2) is 108 Å². The number of halogens is 1. The maximum Gasteiger partial charge on any atom is 0.264 e. The average molecular weight is 630 g/mol. The smallest absolute Gasteiger partial charge is 0.264 e. The first-order chi connectivity index (χ1) is 21.6. The molecule has 0 unspecified atom stereocenters. The third-order valence-corrected chi connectivity index (χ3v) is 9.33. The number of nitrogens with one attached hydrogen (secondary N) is 1. The number of nitrogens with zero attached hydrogens (tertiary/aromatic N) is 2. The maximum absolute atomic E-state index is 14.5. The summed E-state index contributed by atoms with van der Waals surface area (Å²) < 4.78 is 42.8. The van der Waals surface area contributed by atoms with E-state index in [0.29, 0.717) is 6.54 Å². The van der Waals surface area contributed by atoms with Gasteiger partial charge >= 0.3 is 0 Å². The van der Waals surface area contributed by atoms with Gasteiger partial charge in [0.2, 0.25) is 11.8 Å². The van der Waals surface area contributed by atoms with E-state index in [4.69, 9.17) is 0 Å². The van der Waals surface area contributed by atoms with Crippen molar-refractivity contribution in [2.75, 3.05) is 17.4 Å². The number of aryl methyl sites for hydroxylation is 2. The minimum atomic E-state index is -4.30. The van der Waals surface area contributed by atoms with Crippen LogP contribution in [0.5, 0.6) is 0 Å². The Bertz CT molecular complexity index is 1680. The van der Waals surface area contributed by atoms with E-state index < -0.39 is 34.3 Å². The summed E-state index contributed by atoms with van der Waals surface area (Å²) >= 11 is 0. The van der Waals surface area contributed by atoms with E-state index in [-0.39, 0.29) is 29.5 Å². The first-order valence-electron chi connectivity index (χ1n) is 15.1. The zero-order valence-electron chi connectivity index (χ0n) is 25.9. The standard InChI is InChI=1S/C36H40FN3O4S/c1-4-5-22-38-36(42)34(24-29-11-7-6-8-12-29)39(25-30-13-9-10-28(3)23-30)35(41)26-40(32-18-14-27(2)15-19-32)45(43,44)33-20-16-31(37)17-21-33/h6-21,23,34H,4-5,22,24-26H2,1-3H3,(H,38,42)/t34-/m0/s1. The van der Waals surface area contributed by atoms with Gasteiger partial charge in [0.25, 0.3) is 10.0 Å². The van der Waals surface area contributed by atoms with Crippen LogP contribution in [0.3, 0.4) is 0 Å². The van der Waals surface area contributed by atoms with E-state index in [9.17, 15) is 22.4 Å². The molecule has 0 saturated carbocycles. The van der Waals surface area contributed by atoms with E-state index >= 15 is 0 Å². The fourth-order valence-electron chi connectivity index (χ4n) is 5.04. The molecular weight excluding hydrogens is 589 g/mol. The van der Waals surface area contributed by atoms with Gasteiger partial charge in [-0.1, -0.05) is 91.2 Å². The van der Waals surface area contributed by atoms with Crippen molar-refractivity contribution in [1.82, 2.24) is 10.2 Å². The van der Waals surface area contributed by atoms with E-state index in [1.807, 2.05) is 75.4 Å². The maximum atomic E-state index is 14.5. The Hall–Kier alpha value is -4.50. The molecule has 0 spiro atoms. The third kappa shape index (κ3) is 9.01. The van der Waals surface area contributed by atoms with Crippen molar-refractivity contribution >= 4 is 27.5 Å². The van der Waals surface area contributed by atoms with Crippen molar-refractivity contribution in [3.8, 4) is 0 Å². The zero-order valence-corrected chi connectivity index (χ0v) is 26.8. The lowest BCUT2D eigenvalue weighted by molar-refractivity contribution is -0.140. The second-order valence-electron chi connectivity index (χ2n) is 11.2. The molecule has 45 heavy (non-hydrogen) atoms. The molecule has 0 aliphatic heterocycles. The number of sulfonamides is 1. The second kappa shape index (κ2) is 15.5. The van der Waals surface area contributed by atoms with Crippen molar-refractivity contribution in [3.05, 3.63) is 131 Å². The van der Waals surface area contributed by atoms with Gasteiger partial charge in [-0.3, -0.25) is 13.9 Å². The predicted octanol–water partition coefficient (Wildman–Crippen LogP) is 6.19. The van der Waals surface area contributed by atoms with Gasteiger partial charge in [0.05, 0.1) is 10.6 Å². The Balaban J connectivity index is 1.78. The van der Waals surface area contributed by atoms with Crippen LogP contribution in [-0.4, -0.2) is 44.3 Å². The Kier molecular flexibility index (Phi) is 11.5. The molecule has 1 N–H and O–H groups in total. The number of amides is 2. The minimum absolute atomic E-state index is 0.0948. The lowest BCUT2D eigenvalue weighted by atomic mass is 10.0. The van der Waals surface area contributed by atoms with Gasteiger partial charge in [-0.2, -0.15) is 0 Å². The van der Waals surface area contributed by atoms with Crippen LogP contribution in [0.1, 0.15) is 42.0 Å². The molecule has 7 nitrogen and oxygen atoms in total. The molecular formula is C36H40FN3O4S. The summed E-state index contributed by atoms with van der Waals surface area (Å²) in [6, 6.07) is 27.5. The fraction of sp³-hybridized carbons (Fsp3) is 0.278. The van der Waals surface area contributed by atoms with Gasteiger partial charge in [-0.25, -0.2) is 12.8 Å². The van der Waals surface area contributed by atoms with Crippen LogP contribution >= 0.6 is 0 Å². The summed E-state index contributed by atoms with van der Waals surface area (Å²) in [6.07, 6.45) is 1.92. The predicted molar refractivity (Wildman–Crippen MR) is 176 cm³/mol. The van der Waals surface area contributed by atoms with Crippen LogP contribution in [0.4, 0.5) is 10.1 Å². The summed E-state index contributed by atoms with van der Waals surface area (Å²) in [7, 11) is -4.30. The molecule has 4 aromatic carbocycles. The summed E-state index contributed by atoms with van der Waals surface area (Å²) in [6.45, 7) is 5.84. The Morgan fingerprint density at radius 2 is 1.49 bits per heavy atom. The van der Waals surface area contributed by atoms with Gasteiger partial charge in [-0.15, -0.1) is 0 Å². The van der Waals surface area contributed by atoms with Crippen LogP contribution in [0.2, 0.25) is 0 Å². The van der Waals surface area contributed by atoms with E-state index in [1.165, 1.54) is 17.0 Å². The van der Waals surface area contributed by atoms with Gasteiger partial charge in [0.1, 0.15) is 18.4 Å². The number of rotatable bonds is 14. The van der Waals surface area contributed by atoms with Gasteiger partial charge in [-0.05, 0) is 67.8 Å². The number of benzene rings is 4. The molecule has 0 aliphatic rings. The van der Waals surface area contributed by atoms with Crippen molar-refractivity contribution in [3.63, 3.8) is 0 Å². The molecule has 0 heterocycles. The summed E-state index contributed by atoms with van der Waals surface area (Å²) in [5.41, 5.74) is 3.86. The minimum Gasteiger partial charge on any atom is -0.354 e. The molecule has 1 atom stereocenters. The van der Waals surface area contributed by atoms with Gasteiger partial charge in [0, 0.05) is 19.5 Å². The largest absolute Gasteiger partial charge is 0.354 e. The molecule has 236 valence electrons. The fourth-order valence-corrected chi connectivity index (χ4v) is 6.46. The number of hydrogen-bond donors (Lipinski definition) is 1. The Labute approximate surface area is 265 Å². The van der Waals surface area contributed by atoms with Crippen molar-refractivity contribution < 1.29 is 22.4 Å². The van der Waals surface area contributed by atoms with Crippen LogP contribution < -0.4 is 9.62 Å². The van der Waals surface area contributed by atoms with Crippen molar-refractivity contribution in [1.29, 1.82) is 0 Å². The van der Waals surface area contributed by atoms with Crippen LogP contribution in [-0.2, 0) is 32.6 Å². The SMILES string of the molecule is CCCCNC(=O)[C@H](Cc1ccccc1)N(Cc1cccc(C)c1)C(=O)CN(c1ccc(C)cc1)S(=O)(=O)c1ccc(F)cc1. The monoisotopic (exact) mass is 629 g/mol. The number of carbonyl (C=O) groups excluding carboxylic acids is 2. The lowest BCUT2D eigenvalue weighted by Gasteiger charge is -2.34. The van der Waals surface area contributed by atoms with E-state index in [1.54, 1.807) is 24.3 Å². The average Bonchev–Trinajstić information content (AvgIpc) is 3.02. The zero-order chi connectivity index (χ0) is 32.4. The quantitative estimate of drug-likeness (QED) is 0.169. The van der Waals surface area contributed by atoms with Gasteiger partial charge < -0.3 is 10.2 Å². The molecule has 0 radical (unpaired) electrons. The second-order valence-corrected chi connectivity index (χ2v) is 13.0. The summed E-state index contributed by atoms with van der Waals surface area (Å²) in [5, 5.41) is 2.99. The molecule has 0 aliphatic carbocycles. The summed E-state index contributed by atoms with van der Waals surface area (Å²) in [5.74, 6) is -1.43. The van der Waals surface area contributed by atoms with E-state index in [0.717, 1.165) is 51.5 Å². The molecule has 0 aromatic heterocycles. The highest BCUT2D eigenvalue weighted by molar-refractivity contribution is 7.92. The normalized spacial score (nSPS) is 11.9. The lowest BCUT2D eigenvalue weighted by Crippen LogP contribution is -2.53. The Morgan fingerprint density at radius 1 is 0.822 bits per heavy atom. The number of carbonyl (C=O) groups is 2. The highest BCUT2D eigenvalue weighted by Gasteiger charge is 2.34. The van der Waals surface area contributed by atoms with Crippen LogP contribution in [0.25, 0.3) is 0 Å².